The third-order valence-electron chi connectivity index (χ3n) is 8.99. The summed E-state index contributed by atoms with van der Waals surface area (Å²) in [6, 6.07) is 14.7. The van der Waals surface area contributed by atoms with Crippen molar-refractivity contribution in [3.8, 4) is 11.1 Å². The summed E-state index contributed by atoms with van der Waals surface area (Å²) in [7, 11) is 1.86. The molecule has 36 heavy (non-hydrogen) atoms. The topological polar surface area (TPSA) is 20.3 Å². The minimum atomic E-state index is -0.131. The van der Waals surface area contributed by atoms with Crippen LogP contribution < -0.4 is 0 Å². The lowest BCUT2D eigenvalue weighted by molar-refractivity contribution is -0.127. The zero-order valence-electron chi connectivity index (χ0n) is 22.4. The Hall–Kier alpha value is -2.42. The fourth-order valence-electron chi connectivity index (χ4n) is 6.54. The van der Waals surface area contributed by atoms with Crippen molar-refractivity contribution in [3.63, 3.8) is 0 Å². The third kappa shape index (κ3) is 6.47. The van der Waals surface area contributed by atoms with Crippen LogP contribution in [0.5, 0.6) is 0 Å². The molecule has 194 valence electrons. The average molecular weight is 490 g/mol. The lowest BCUT2D eigenvalue weighted by atomic mass is 9.77. The SMILES string of the molecule is C=CC(=O)N(C)C1CCC(c2ccc(-c3ccc(C4CCC(CCCCC)CC4)cc3)c(F)c2)CC1. The van der Waals surface area contributed by atoms with Crippen LogP contribution in [0.15, 0.2) is 55.1 Å². The fourth-order valence-corrected chi connectivity index (χ4v) is 6.54. The first-order valence-electron chi connectivity index (χ1n) is 14.3. The zero-order valence-corrected chi connectivity index (χ0v) is 22.4. The molecular weight excluding hydrogens is 445 g/mol. The highest BCUT2D eigenvalue weighted by Gasteiger charge is 2.27. The molecule has 0 aromatic heterocycles. The standard InChI is InChI=1S/C33H44FNO/c1-4-6-7-8-24-9-11-25(12-10-24)26-13-15-28(16-14-26)31-22-19-29(23-32(31)34)27-17-20-30(21-18-27)35(3)33(36)5-2/h5,13-16,19,22-25,27,30H,2,4,6-12,17-18,20-21H2,1,3H3. The summed E-state index contributed by atoms with van der Waals surface area (Å²) in [4.78, 5) is 13.7. The molecule has 0 unspecified atom stereocenters. The van der Waals surface area contributed by atoms with Gasteiger partial charge in [-0.15, -0.1) is 0 Å². The molecule has 2 fully saturated rings. The Labute approximate surface area is 218 Å². The zero-order chi connectivity index (χ0) is 25.5. The van der Waals surface area contributed by atoms with Gasteiger partial charge in [0.15, 0.2) is 0 Å². The number of nitrogens with zero attached hydrogens (tertiary/aromatic N) is 1. The van der Waals surface area contributed by atoms with E-state index >= 15 is 4.39 Å². The number of benzene rings is 2. The molecular formula is C33H44FNO. The molecule has 0 spiro atoms. The first-order valence-corrected chi connectivity index (χ1v) is 14.3. The average Bonchev–Trinajstić information content (AvgIpc) is 2.93. The smallest absolute Gasteiger partial charge is 0.245 e. The lowest BCUT2D eigenvalue weighted by Gasteiger charge is -2.34. The van der Waals surface area contributed by atoms with E-state index < -0.39 is 0 Å². The molecule has 3 heteroatoms. The van der Waals surface area contributed by atoms with E-state index in [0.717, 1.165) is 42.7 Å². The van der Waals surface area contributed by atoms with Gasteiger partial charge in [-0.2, -0.15) is 0 Å². The second kappa shape index (κ2) is 12.7. The summed E-state index contributed by atoms with van der Waals surface area (Å²) >= 11 is 0. The highest BCUT2D eigenvalue weighted by molar-refractivity contribution is 5.87. The van der Waals surface area contributed by atoms with E-state index in [1.54, 1.807) is 11.0 Å². The van der Waals surface area contributed by atoms with Gasteiger partial charge in [0, 0.05) is 18.7 Å². The number of amides is 1. The van der Waals surface area contributed by atoms with E-state index in [4.69, 9.17) is 0 Å². The summed E-state index contributed by atoms with van der Waals surface area (Å²) < 4.78 is 15.2. The first kappa shape index (κ1) is 26.6. The van der Waals surface area contributed by atoms with Gasteiger partial charge in [0.1, 0.15) is 5.82 Å². The number of likely N-dealkylation sites (N-methyl/N-ethyl adjacent to an activating group) is 1. The van der Waals surface area contributed by atoms with E-state index in [0.29, 0.717) is 17.4 Å². The van der Waals surface area contributed by atoms with E-state index in [-0.39, 0.29) is 17.8 Å². The van der Waals surface area contributed by atoms with Crippen LogP contribution in [0.2, 0.25) is 0 Å². The van der Waals surface area contributed by atoms with Gasteiger partial charge in [-0.1, -0.05) is 75.6 Å². The molecule has 2 aliphatic rings. The van der Waals surface area contributed by atoms with Crippen LogP contribution >= 0.6 is 0 Å². The molecule has 2 aliphatic carbocycles. The first-order chi connectivity index (χ1) is 17.5. The highest BCUT2D eigenvalue weighted by Crippen LogP contribution is 2.39. The van der Waals surface area contributed by atoms with Crippen LogP contribution in [0.4, 0.5) is 4.39 Å². The van der Waals surface area contributed by atoms with Crippen molar-refractivity contribution < 1.29 is 9.18 Å². The van der Waals surface area contributed by atoms with Crippen LogP contribution in [0.25, 0.3) is 11.1 Å². The van der Waals surface area contributed by atoms with E-state index in [2.05, 4.69) is 43.8 Å². The van der Waals surface area contributed by atoms with Gasteiger partial charge in [-0.3, -0.25) is 4.79 Å². The molecule has 2 saturated carbocycles. The number of hydrogen-bond acceptors (Lipinski definition) is 1. The van der Waals surface area contributed by atoms with Crippen molar-refractivity contribution in [1.82, 2.24) is 4.90 Å². The molecule has 2 aromatic carbocycles. The maximum atomic E-state index is 15.2. The van der Waals surface area contributed by atoms with Crippen LogP contribution in [-0.2, 0) is 4.79 Å². The number of carbonyl (C=O) groups is 1. The minimum Gasteiger partial charge on any atom is -0.339 e. The predicted octanol–water partition coefficient (Wildman–Crippen LogP) is 9.02. The Balaban J connectivity index is 1.33. The van der Waals surface area contributed by atoms with Gasteiger partial charge < -0.3 is 4.90 Å². The molecule has 0 atom stereocenters. The van der Waals surface area contributed by atoms with Crippen LogP contribution in [0.3, 0.4) is 0 Å². The maximum Gasteiger partial charge on any atom is 0.245 e. The van der Waals surface area contributed by atoms with Crippen LogP contribution in [-0.4, -0.2) is 23.9 Å². The van der Waals surface area contributed by atoms with Gasteiger partial charge in [0.05, 0.1) is 0 Å². The molecule has 0 aliphatic heterocycles. The van der Waals surface area contributed by atoms with Crippen molar-refractivity contribution in [3.05, 3.63) is 72.1 Å². The second-order valence-corrected chi connectivity index (χ2v) is 11.2. The monoisotopic (exact) mass is 489 g/mol. The maximum absolute atomic E-state index is 15.2. The number of halogens is 1. The number of hydrogen-bond donors (Lipinski definition) is 0. The Bertz CT molecular complexity index is 997. The van der Waals surface area contributed by atoms with Gasteiger partial charge in [-0.25, -0.2) is 4.39 Å². The molecule has 2 aromatic rings. The van der Waals surface area contributed by atoms with Gasteiger partial charge in [0.2, 0.25) is 5.91 Å². The van der Waals surface area contributed by atoms with Gasteiger partial charge in [0.25, 0.3) is 0 Å². The number of unbranched alkanes of at least 4 members (excludes halogenated alkanes) is 2. The number of carbonyl (C=O) groups excluding carboxylic acids is 1. The van der Waals surface area contributed by atoms with Crippen molar-refractivity contribution in [2.75, 3.05) is 7.05 Å². The Morgan fingerprint density at radius 2 is 1.53 bits per heavy atom. The molecule has 0 radical (unpaired) electrons. The van der Waals surface area contributed by atoms with Crippen molar-refractivity contribution in [1.29, 1.82) is 0 Å². The normalized spacial score (nSPS) is 24.3. The molecule has 1 amide bonds. The largest absolute Gasteiger partial charge is 0.339 e. The molecule has 0 saturated heterocycles. The van der Waals surface area contributed by atoms with Crippen molar-refractivity contribution in [2.45, 2.75) is 102 Å². The van der Waals surface area contributed by atoms with Crippen molar-refractivity contribution >= 4 is 5.91 Å². The van der Waals surface area contributed by atoms with E-state index in [1.807, 2.05) is 13.1 Å². The van der Waals surface area contributed by atoms with Gasteiger partial charge in [-0.05, 0) is 98.0 Å². The fraction of sp³-hybridized carbons (Fsp3) is 0.545. The Kier molecular flexibility index (Phi) is 9.40. The minimum absolute atomic E-state index is 0.0186. The Morgan fingerprint density at radius 1 is 0.917 bits per heavy atom. The summed E-state index contributed by atoms with van der Waals surface area (Å²) in [6.07, 6.45) is 16.0. The van der Waals surface area contributed by atoms with E-state index in [9.17, 15) is 4.79 Å². The highest BCUT2D eigenvalue weighted by atomic mass is 19.1. The van der Waals surface area contributed by atoms with Crippen LogP contribution in [0, 0.1) is 11.7 Å². The van der Waals surface area contributed by atoms with Crippen LogP contribution in [0.1, 0.15) is 107 Å². The summed E-state index contributed by atoms with van der Waals surface area (Å²) in [5, 5.41) is 0. The predicted molar refractivity (Wildman–Crippen MR) is 149 cm³/mol. The second-order valence-electron chi connectivity index (χ2n) is 11.2. The quantitative estimate of drug-likeness (QED) is 0.254. The molecule has 0 N–H and O–H groups in total. The summed E-state index contributed by atoms with van der Waals surface area (Å²) in [5.41, 5.74) is 4.15. The summed E-state index contributed by atoms with van der Waals surface area (Å²) in [6.45, 7) is 5.87. The van der Waals surface area contributed by atoms with Gasteiger partial charge >= 0.3 is 0 Å². The molecule has 2 nitrogen and oxygen atoms in total. The third-order valence-corrected chi connectivity index (χ3v) is 8.99. The molecule has 4 rings (SSSR count). The summed E-state index contributed by atoms with van der Waals surface area (Å²) in [5.74, 6) is 1.79. The lowest BCUT2D eigenvalue weighted by Crippen LogP contribution is -2.38. The number of rotatable bonds is 9. The Morgan fingerprint density at radius 3 is 2.14 bits per heavy atom. The molecule has 0 bridgehead atoms. The molecule has 0 heterocycles. The van der Waals surface area contributed by atoms with E-state index in [1.165, 1.54) is 63.0 Å². The van der Waals surface area contributed by atoms with Crippen molar-refractivity contribution in [2.24, 2.45) is 5.92 Å².